The summed E-state index contributed by atoms with van der Waals surface area (Å²) in [5.41, 5.74) is 13.1. The van der Waals surface area contributed by atoms with Gasteiger partial charge < -0.3 is 10.3 Å². The maximum absolute atomic E-state index is 6.66. The molecular weight excluding hydrogens is 374 g/mol. The van der Waals surface area contributed by atoms with E-state index in [0.29, 0.717) is 6.42 Å². The lowest BCUT2D eigenvalue weighted by Crippen LogP contribution is -2.15. The van der Waals surface area contributed by atoms with Crippen LogP contribution in [0.15, 0.2) is 83.6 Å². The number of para-hydroxylation sites is 1. The third-order valence-corrected chi connectivity index (χ3v) is 5.23. The number of nitrogens with two attached hydrogens (primary N) is 1. The highest BCUT2D eigenvalue weighted by atomic mass is 16.5. The van der Waals surface area contributed by atoms with Gasteiger partial charge in [0.2, 0.25) is 0 Å². The number of pyridine rings is 1. The molecule has 0 amide bonds. The SMILES string of the molecule is Cn1cc(-c2cccc(C[C@H](N)c3ccccc3-c3noc4ccccc34)n2)cn1. The van der Waals surface area contributed by atoms with Gasteiger partial charge in [-0.05, 0) is 29.8 Å². The fraction of sp³-hybridized carbons (Fsp3) is 0.125. The summed E-state index contributed by atoms with van der Waals surface area (Å²) in [7, 11) is 1.90. The largest absolute Gasteiger partial charge is 0.356 e. The van der Waals surface area contributed by atoms with Gasteiger partial charge in [0.05, 0.1) is 11.9 Å². The van der Waals surface area contributed by atoms with E-state index in [1.165, 1.54) is 0 Å². The number of aryl methyl sites for hydroxylation is 1. The van der Waals surface area contributed by atoms with Crippen LogP contribution in [0.1, 0.15) is 17.3 Å². The van der Waals surface area contributed by atoms with Crippen LogP contribution < -0.4 is 5.73 Å². The van der Waals surface area contributed by atoms with Crippen LogP contribution in [0.4, 0.5) is 0 Å². The van der Waals surface area contributed by atoms with E-state index in [1.807, 2.05) is 80.1 Å². The predicted octanol–water partition coefficient (Wildman–Crippen LogP) is 4.53. The van der Waals surface area contributed by atoms with Crippen molar-refractivity contribution in [1.29, 1.82) is 0 Å². The van der Waals surface area contributed by atoms with Crippen LogP contribution in [-0.2, 0) is 13.5 Å². The van der Waals surface area contributed by atoms with Gasteiger partial charge in [-0.2, -0.15) is 5.10 Å². The molecule has 5 aromatic rings. The van der Waals surface area contributed by atoms with Crippen LogP contribution in [0.25, 0.3) is 33.5 Å². The topological polar surface area (TPSA) is 82.8 Å². The van der Waals surface area contributed by atoms with Crippen molar-refractivity contribution in [2.24, 2.45) is 12.8 Å². The Hall–Kier alpha value is -3.77. The highest BCUT2D eigenvalue weighted by Crippen LogP contribution is 2.33. The van der Waals surface area contributed by atoms with Gasteiger partial charge in [0.1, 0.15) is 5.69 Å². The van der Waals surface area contributed by atoms with Gasteiger partial charge in [0.15, 0.2) is 5.58 Å². The molecule has 0 saturated heterocycles. The Kier molecular flexibility index (Phi) is 4.61. The van der Waals surface area contributed by atoms with Crippen molar-refractivity contribution in [3.8, 4) is 22.5 Å². The van der Waals surface area contributed by atoms with Crippen molar-refractivity contribution >= 4 is 11.0 Å². The molecule has 0 saturated carbocycles. The Morgan fingerprint density at radius 3 is 2.70 bits per heavy atom. The molecule has 0 fully saturated rings. The molecule has 148 valence electrons. The van der Waals surface area contributed by atoms with Crippen molar-refractivity contribution in [1.82, 2.24) is 19.9 Å². The number of hydrogen-bond donors (Lipinski definition) is 1. The van der Waals surface area contributed by atoms with Gasteiger partial charge in [-0.15, -0.1) is 0 Å². The lowest BCUT2D eigenvalue weighted by Gasteiger charge is -2.15. The van der Waals surface area contributed by atoms with Crippen molar-refractivity contribution in [3.63, 3.8) is 0 Å². The van der Waals surface area contributed by atoms with E-state index in [9.17, 15) is 0 Å². The zero-order chi connectivity index (χ0) is 20.5. The molecule has 6 heteroatoms. The number of benzene rings is 2. The molecule has 0 bridgehead atoms. The average molecular weight is 395 g/mol. The Morgan fingerprint density at radius 1 is 1.00 bits per heavy atom. The first-order valence-corrected chi connectivity index (χ1v) is 9.83. The second kappa shape index (κ2) is 7.57. The number of nitrogens with zero attached hydrogens (tertiary/aromatic N) is 4. The van der Waals surface area contributed by atoms with Crippen molar-refractivity contribution in [2.45, 2.75) is 12.5 Å². The van der Waals surface area contributed by atoms with Gasteiger partial charge in [-0.3, -0.25) is 9.67 Å². The Morgan fingerprint density at radius 2 is 1.83 bits per heavy atom. The zero-order valence-corrected chi connectivity index (χ0v) is 16.6. The summed E-state index contributed by atoms with van der Waals surface area (Å²) in [5, 5.41) is 9.53. The van der Waals surface area contributed by atoms with Crippen LogP contribution in [0.3, 0.4) is 0 Å². The third-order valence-electron chi connectivity index (χ3n) is 5.23. The molecule has 0 aliphatic heterocycles. The molecule has 1 atom stereocenters. The molecular formula is C24H21N5O. The molecule has 2 N–H and O–H groups in total. The Balaban J connectivity index is 1.47. The number of rotatable bonds is 5. The molecule has 0 aliphatic rings. The van der Waals surface area contributed by atoms with E-state index in [4.69, 9.17) is 15.2 Å². The minimum atomic E-state index is -0.228. The summed E-state index contributed by atoms with van der Waals surface area (Å²) in [6, 6.07) is 21.7. The molecule has 0 radical (unpaired) electrons. The van der Waals surface area contributed by atoms with E-state index in [-0.39, 0.29) is 6.04 Å². The fourth-order valence-electron chi connectivity index (χ4n) is 3.76. The first kappa shape index (κ1) is 18.3. The van der Waals surface area contributed by atoms with Crippen LogP contribution in [-0.4, -0.2) is 19.9 Å². The van der Waals surface area contributed by atoms with Gasteiger partial charge in [-0.25, -0.2) is 0 Å². The number of fused-ring (bicyclic) bond motifs is 1. The molecule has 0 aliphatic carbocycles. The normalized spacial score (nSPS) is 12.3. The molecule has 0 unspecified atom stereocenters. The Labute approximate surface area is 174 Å². The summed E-state index contributed by atoms with van der Waals surface area (Å²) in [6.45, 7) is 0. The van der Waals surface area contributed by atoms with Crippen LogP contribution in [0.5, 0.6) is 0 Å². The fourth-order valence-corrected chi connectivity index (χ4v) is 3.76. The monoisotopic (exact) mass is 395 g/mol. The maximum Gasteiger partial charge on any atom is 0.167 e. The molecule has 2 aromatic carbocycles. The average Bonchev–Trinajstić information content (AvgIpc) is 3.40. The minimum Gasteiger partial charge on any atom is -0.356 e. The summed E-state index contributed by atoms with van der Waals surface area (Å²) >= 11 is 0. The van der Waals surface area contributed by atoms with Gasteiger partial charge in [0, 0.05) is 47.9 Å². The van der Waals surface area contributed by atoms with Crippen molar-refractivity contribution in [3.05, 3.63) is 90.4 Å². The third kappa shape index (κ3) is 3.38. The van der Waals surface area contributed by atoms with Gasteiger partial charge >= 0.3 is 0 Å². The predicted molar refractivity (Wildman–Crippen MR) is 117 cm³/mol. The van der Waals surface area contributed by atoms with Crippen LogP contribution in [0, 0.1) is 0 Å². The van der Waals surface area contributed by atoms with Crippen LogP contribution in [0.2, 0.25) is 0 Å². The summed E-state index contributed by atoms with van der Waals surface area (Å²) in [5.74, 6) is 0. The first-order chi connectivity index (χ1) is 14.7. The van der Waals surface area contributed by atoms with Crippen LogP contribution >= 0.6 is 0 Å². The van der Waals surface area contributed by atoms with E-state index in [1.54, 1.807) is 4.68 Å². The highest BCUT2D eigenvalue weighted by molar-refractivity contribution is 5.92. The molecule has 3 aromatic heterocycles. The lowest BCUT2D eigenvalue weighted by molar-refractivity contribution is 0.459. The number of hydrogen-bond acceptors (Lipinski definition) is 5. The molecule has 6 nitrogen and oxygen atoms in total. The molecule has 30 heavy (non-hydrogen) atoms. The second-order valence-electron chi connectivity index (χ2n) is 7.34. The lowest BCUT2D eigenvalue weighted by atomic mass is 9.94. The second-order valence-corrected chi connectivity index (χ2v) is 7.34. The summed E-state index contributed by atoms with van der Waals surface area (Å²) in [4.78, 5) is 4.80. The highest BCUT2D eigenvalue weighted by Gasteiger charge is 2.18. The zero-order valence-electron chi connectivity index (χ0n) is 16.6. The van der Waals surface area contributed by atoms with Crippen molar-refractivity contribution < 1.29 is 4.52 Å². The van der Waals surface area contributed by atoms with E-state index >= 15 is 0 Å². The Bertz CT molecular complexity index is 1320. The minimum absolute atomic E-state index is 0.228. The van der Waals surface area contributed by atoms with E-state index in [0.717, 1.165) is 44.7 Å². The van der Waals surface area contributed by atoms with E-state index < -0.39 is 0 Å². The van der Waals surface area contributed by atoms with Crippen molar-refractivity contribution in [2.75, 3.05) is 0 Å². The van der Waals surface area contributed by atoms with Gasteiger partial charge in [-0.1, -0.05) is 47.6 Å². The van der Waals surface area contributed by atoms with E-state index in [2.05, 4.69) is 16.3 Å². The molecule has 0 spiro atoms. The quantitative estimate of drug-likeness (QED) is 0.473. The summed E-state index contributed by atoms with van der Waals surface area (Å²) in [6.07, 6.45) is 4.38. The first-order valence-electron chi connectivity index (χ1n) is 9.83. The molecule has 5 rings (SSSR count). The standard InChI is InChI=1S/C24H21N5O/c1-29-15-16(14-26-29)22-11-6-7-17(27-22)13-21(25)18-8-2-3-9-19(18)24-20-10-4-5-12-23(20)30-28-24/h2-12,14-15,21H,13,25H2,1H3/t21-/m0/s1. The summed E-state index contributed by atoms with van der Waals surface area (Å²) < 4.78 is 7.28. The number of aromatic nitrogens is 4. The van der Waals surface area contributed by atoms with Gasteiger partial charge in [0.25, 0.3) is 0 Å². The smallest absolute Gasteiger partial charge is 0.167 e. The molecule has 3 heterocycles. The maximum atomic E-state index is 6.66.